The van der Waals surface area contributed by atoms with Gasteiger partial charge in [0.2, 0.25) is 0 Å². The number of aliphatic hydroxyl groups is 2. The molecule has 1 aliphatic heterocycles. The molecule has 1 aliphatic rings. The fraction of sp³-hybridized carbons (Fsp3) is 0.308. The van der Waals surface area contributed by atoms with Crippen LogP contribution in [0.5, 0.6) is 5.75 Å². The fourth-order valence-electron chi connectivity index (χ4n) is 4.77. The van der Waals surface area contributed by atoms with Crippen LogP contribution in [0.15, 0.2) is 42.6 Å². The van der Waals surface area contributed by atoms with Gasteiger partial charge >= 0.3 is 0 Å². The number of aromatic hydroxyl groups is 1. The van der Waals surface area contributed by atoms with Crippen LogP contribution in [0, 0.1) is 5.82 Å². The lowest BCUT2D eigenvalue weighted by Crippen LogP contribution is -2.34. The van der Waals surface area contributed by atoms with Crippen molar-refractivity contribution in [1.82, 2.24) is 25.1 Å². The quantitative estimate of drug-likeness (QED) is 0.265. The molecule has 1 atom stereocenters. The maximum absolute atomic E-state index is 15.5. The van der Waals surface area contributed by atoms with Crippen LogP contribution in [-0.2, 0) is 6.42 Å². The molecule has 35 heavy (non-hydrogen) atoms. The van der Waals surface area contributed by atoms with Crippen molar-refractivity contribution < 1.29 is 19.7 Å². The molecule has 5 N–H and O–H groups in total. The van der Waals surface area contributed by atoms with Crippen molar-refractivity contribution in [2.75, 3.05) is 26.3 Å². The number of aryl methyl sites for hydroxylation is 1. The van der Waals surface area contributed by atoms with E-state index in [0.717, 1.165) is 22.4 Å². The molecule has 0 amide bonds. The molecule has 0 aliphatic carbocycles. The number of H-pyrrole nitrogens is 2. The summed E-state index contributed by atoms with van der Waals surface area (Å²) in [6, 6.07) is 8.40. The molecule has 0 bridgehead atoms. The molecule has 0 spiro atoms. The number of imidazole rings is 1. The third kappa shape index (κ3) is 4.22. The van der Waals surface area contributed by atoms with Crippen LogP contribution < -0.4 is 0 Å². The molecule has 5 rings (SSSR count). The predicted molar refractivity (Wildman–Crippen MR) is 132 cm³/mol. The van der Waals surface area contributed by atoms with Crippen LogP contribution in [0.25, 0.3) is 39.1 Å². The SMILES string of the molecule is CCc1cc(O)ccc1-c1ccc2c(-c3ncc(C4=C[C@H](CO)N(CCCO)C4)[nH]3)[nH]nc2c1F. The smallest absolute Gasteiger partial charge is 0.159 e. The Kier molecular flexibility index (Phi) is 6.38. The van der Waals surface area contributed by atoms with E-state index in [4.69, 9.17) is 5.11 Å². The monoisotopic (exact) mass is 477 g/mol. The lowest BCUT2D eigenvalue weighted by atomic mass is 9.96. The summed E-state index contributed by atoms with van der Waals surface area (Å²) in [4.78, 5) is 9.92. The van der Waals surface area contributed by atoms with E-state index in [1.807, 2.05) is 19.1 Å². The maximum Gasteiger partial charge on any atom is 0.159 e. The third-order valence-electron chi connectivity index (χ3n) is 6.61. The Balaban J connectivity index is 1.46. The zero-order chi connectivity index (χ0) is 24.5. The van der Waals surface area contributed by atoms with Gasteiger partial charge in [0, 0.05) is 30.6 Å². The number of hydrogen-bond donors (Lipinski definition) is 5. The number of fused-ring (bicyclic) bond motifs is 1. The summed E-state index contributed by atoms with van der Waals surface area (Å²) in [7, 11) is 0. The lowest BCUT2D eigenvalue weighted by molar-refractivity contribution is 0.163. The van der Waals surface area contributed by atoms with Gasteiger partial charge in [0.25, 0.3) is 0 Å². The van der Waals surface area contributed by atoms with Crippen LogP contribution in [-0.4, -0.2) is 72.7 Å². The Morgan fingerprint density at radius 3 is 2.77 bits per heavy atom. The van der Waals surface area contributed by atoms with E-state index >= 15 is 4.39 Å². The van der Waals surface area contributed by atoms with Crippen molar-refractivity contribution in [3.8, 4) is 28.4 Å². The average Bonchev–Trinajstić information content (AvgIpc) is 3.61. The van der Waals surface area contributed by atoms with E-state index in [9.17, 15) is 10.2 Å². The number of aliphatic hydroxyl groups excluding tert-OH is 2. The summed E-state index contributed by atoms with van der Waals surface area (Å²) in [6.45, 7) is 3.40. The van der Waals surface area contributed by atoms with E-state index in [1.165, 1.54) is 0 Å². The van der Waals surface area contributed by atoms with Crippen molar-refractivity contribution in [3.63, 3.8) is 0 Å². The minimum atomic E-state index is -0.430. The summed E-state index contributed by atoms with van der Waals surface area (Å²) in [5.41, 5.74) is 4.66. The molecular formula is C26H28FN5O3. The van der Waals surface area contributed by atoms with Crippen molar-refractivity contribution in [2.45, 2.75) is 25.8 Å². The van der Waals surface area contributed by atoms with Crippen LogP contribution in [0.2, 0.25) is 0 Å². The number of rotatable bonds is 8. The first-order chi connectivity index (χ1) is 17.0. The van der Waals surface area contributed by atoms with Gasteiger partial charge < -0.3 is 20.3 Å². The highest BCUT2D eigenvalue weighted by atomic mass is 19.1. The van der Waals surface area contributed by atoms with Gasteiger partial charge in [-0.3, -0.25) is 10.00 Å². The Bertz CT molecular complexity index is 1390. The molecule has 4 aromatic rings. The van der Waals surface area contributed by atoms with Crippen molar-refractivity contribution in [2.24, 2.45) is 0 Å². The number of hydrogen-bond acceptors (Lipinski definition) is 6. The van der Waals surface area contributed by atoms with Crippen molar-refractivity contribution >= 4 is 16.5 Å². The number of aromatic nitrogens is 4. The highest BCUT2D eigenvalue weighted by molar-refractivity contribution is 5.95. The van der Waals surface area contributed by atoms with Gasteiger partial charge in [0.05, 0.1) is 24.5 Å². The fourth-order valence-corrected chi connectivity index (χ4v) is 4.77. The lowest BCUT2D eigenvalue weighted by Gasteiger charge is -2.22. The zero-order valence-corrected chi connectivity index (χ0v) is 19.4. The second-order valence-corrected chi connectivity index (χ2v) is 8.75. The van der Waals surface area contributed by atoms with Gasteiger partial charge in [-0.25, -0.2) is 9.37 Å². The number of benzene rings is 2. The first-order valence-corrected chi connectivity index (χ1v) is 11.7. The number of nitrogens with zero attached hydrogens (tertiary/aromatic N) is 3. The van der Waals surface area contributed by atoms with Gasteiger partial charge in [0.15, 0.2) is 11.6 Å². The molecule has 2 aromatic heterocycles. The summed E-state index contributed by atoms with van der Waals surface area (Å²) in [6.07, 6.45) is 5.04. The van der Waals surface area contributed by atoms with Crippen LogP contribution in [0.1, 0.15) is 24.6 Å². The molecule has 0 unspecified atom stereocenters. The summed E-state index contributed by atoms with van der Waals surface area (Å²) in [5.74, 6) is 0.270. The highest BCUT2D eigenvalue weighted by Crippen LogP contribution is 2.35. The first kappa shape index (κ1) is 23.2. The highest BCUT2D eigenvalue weighted by Gasteiger charge is 2.26. The second-order valence-electron chi connectivity index (χ2n) is 8.75. The third-order valence-corrected chi connectivity index (χ3v) is 6.61. The normalized spacial score (nSPS) is 16.3. The number of phenolic OH excluding ortho intramolecular Hbond substituents is 1. The van der Waals surface area contributed by atoms with Gasteiger partial charge in [-0.1, -0.05) is 25.1 Å². The Hall–Kier alpha value is -3.53. The molecule has 0 radical (unpaired) electrons. The van der Waals surface area contributed by atoms with E-state index < -0.39 is 5.82 Å². The van der Waals surface area contributed by atoms with E-state index in [-0.39, 0.29) is 30.5 Å². The predicted octanol–water partition coefficient (Wildman–Crippen LogP) is 3.47. The maximum atomic E-state index is 15.5. The van der Waals surface area contributed by atoms with Crippen LogP contribution in [0.4, 0.5) is 4.39 Å². The minimum absolute atomic E-state index is 0.00347. The first-order valence-electron chi connectivity index (χ1n) is 11.7. The largest absolute Gasteiger partial charge is 0.508 e. The second kappa shape index (κ2) is 9.61. The van der Waals surface area contributed by atoms with E-state index in [1.54, 1.807) is 30.5 Å². The topological polar surface area (TPSA) is 121 Å². The average molecular weight is 478 g/mol. The minimum Gasteiger partial charge on any atom is -0.508 e. The van der Waals surface area contributed by atoms with E-state index in [0.29, 0.717) is 48.4 Å². The van der Waals surface area contributed by atoms with Gasteiger partial charge in [-0.15, -0.1) is 0 Å². The number of nitrogens with one attached hydrogen (secondary N) is 2. The molecular weight excluding hydrogens is 449 g/mol. The Labute approximate surface area is 201 Å². The Morgan fingerprint density at radius 2 is 2.00 bits per heavy atom. The molecule has 182 valence electrons. The van der Waals surface area contributed by atoms with Gasteiger partial charge in [0.1, 0.15) is 17.0 Å². The van der Waals surface area contributed by atoms with E-state index in [2.05, 4.69) is 25.1 Å². The van der Waals surface area contributed by atoms with Crippen LogP contribution >= 0.6 is 0 Å². The number of aromatic amines is 2. The molecule has 0 saturated heterocycles. The Morgan fingerprint density at radius 1 is 1.17 bits per heavy atom. The molecule has 8 nitrogen and oxygen atoms in total. The standard InChI is InChI=1S/C26H28FN5O3/c1-2-15-11-18(35)4-5-19(15)20-6-7-21-24(23(20)27)30-31-25(21)26-28-12-22(29-26)16-10-17(14-34)32(13-16)8-3-9-33/h4-7,10-12,17,33-35H,2-3,8-9,13-14H2,1H3,(H,28,29)(H,30,31)/t17-/m1/s1. The van der Waals surface area contributed by atoms with Gasteiger partial charge in [-0.05, 0) is 47.7 Å². The molecule has 0 saturated carbocycles. The zero-order valence-electron chi connectivity index (χ0n) is 19.4. The van der Waals surface area contributed by atoms with Crippen molar-refractivity contribution in [1.29, 1.82) is 0 Å². The molecule has 3 heterocycles. The number of phenols is 1. The summed E-state index contributed by atoms with van der Waals surface area (Å²) >= 11 is 0. The molecule has 0 fully saturated rings. The number of halogens is 1. The van der Waals surface area contributed by atoms with Crippen LogP contribution in [0.3, 0.4) is 0 Å². The van der Waals surface area contributed by atoms with Gasteiger partial charge in [-0.2, -0.15) is 5.10 Å². The summed E-state index contributed by atoms with van der Waals surface area (Å²) in [5, 5.41) is 36.4. The van der Waals surface area contributed by atoms with Crippen molar-refractivity contribution in [3.05, 3.63) is 59.7 Å². The molecule has 9 heteroatoms. The summed E-state index contributed by atoms with van der Waals surface area (Å²) < 4.78 is 15.5. The molecule has 2 aromatic carbocycles.